The minimum atomic E-state index is -0.909. The molecule has 0 saturated heterocycles. The lowest BCUT2D eigenvalue weighted by molar-refractivity contribution is -0.140. The molecule has 0 spiro atoms. The van der Waals surface area contributed by atoms with Gasteiger partial charge in [0.05, 0.1) is 4.60 Å². The predicted molar refractivity (Wildman–Crippen MR) is 200 cm³/mol. The number of amides is 3. The highest BCUT2D eigenvalue weighted by molar-refractivity contribution is 9.10. The molecule has 0 radical (unpaired) electrons. The summed E-state index contributed by atoms with van der Waals surface area (Å²) in [4.78, 5) is 56.4. The van der Waals surface area contributed by atoms with Gasteiger partial charge in [0.1, 0.15) is 23.6 Å². The lowest BCUT2D eigenvalue weighted by Crippen LogP contribution is -2.53. The topological polar surface area (TPSA) is 146 Å². The van der Waals surface area contributed by atoms with Gasteiger partial charge in [-0.25, -0.2) is 0 Å². The number of H-pyrrole nitrogens is 1. The van der Waals surface area contributed by atoms with E-state index in [1.165, 1.54) is 11.9 Å². The number of likely N-dealkylation sites (N-methyl/N-ethyl adjacent to an activating group) is 1. The number of hydrogen-bond donors (Lipinski definition) is 4. The fourth-order valence-corrected chi connectivity index (χ4v) is 7.09. The number of phenolic OH excluding ortho intramolecular Hbond substituents is 1. The number of phenols is 1. The van der Waals surface area contributed by atoms with Crippen LogP contribution in [-0.2, 0) is 25.6 Å². The lowest BCUT2D eigenvalue weighted by Gasteiger charge is -2.29. The number of rotatable bonds is 17. The number of allylic oxidation sites excluding steroid dienone is 4. The van der Waals surface area contributed by atoms with E-state index in [9.17, 15) is 24.3 Å². The van der Waals surface area contributed by atoms with Crippen molar-refractivity contribution < 1.29 is 24.3 Å². The van der Waals surface area contributed by atoms with Crippen LogP contribution in [0.5, 0.6) is 5.75 Å². The third kappa shape index (κ3) is 11.2. The maximum Gasteiger partial charge on any atom is 0.245 e. The van der Waals surface area contributed by atoms with Gasteiger partial charge in [-0.2, -0.15) is 0 Å². The highest BCUT2D eigenvalue weighted by atomic mass is 79.9. The van der Waals surface area contributed by atoms with Crippen molar-refractivity contribution in [1.29, 1.82) is 0 Å². The summed E-state index contributed by atoms with van der Waals surface area (Å²) in [6.07, 6.45) is 6.49. The molecule has 10 heteroatoms. The van der Waals surface area contributed by atoms with E-state index >= 15 is 0 Å². The number of nitrogens with zero attached hydrogens (tertiary/aromatic N) is 1. The number of halogens is 1. The number of para-hydroxylation sites is 1. The van der Waals surface area contributed by atoms with Crippen LogP contribution in [0.15, 0.2) is 70.9 Å². The average molecular weight is 736 g/mol. The zero-order valence-corrected chi connectivity index (χ0v) is 31.3. The van der Waals surface area contributed by atoms with E-state index in [2.05, 4.69) is 46.2 Å². The minimum absolute atomic E-state index is 0.175. The molecule has 5 atom stereocenters. The fraction of sp³-hybridized carbons (Fsp3) is 0.436. The first-order chi connectivity index (χ1) is 23.1. The Morgan fingerprint density at radius 2 is 1.67 bits per heavy atom. The van der Waals surface area contributed by atoms with E-state index in [1.807, 2.05) is 63.2 Å². The smallest absolute Gasteiger partial charge is 0.245 e. The Morgan fingerprint density at radius 3 is 2.31 bits per heavy atom. The van der Waals surface area contributed by atoms with Gasteiger partial charge >= 0.3 is 0 Å². The Hall–Kier alpha value is -4.18. The van der Waals surface area contributed by atoms with Crippen LogP contribution >= 0.6 is 15.9 Å². The summed E-state index contributed by atoms with van der Waals surface area (Å²) in [5, 5.41) is 13.3. The van der Waals surface area contributed by atoms with Gasteiger partial charge < -0.3 is 26.0 Å². The summed E-state index contributed by atoms with van der Waals surface area (Å²) in [5.74, 6) is -0.896. The second-order valence-electron chi connectivity index (χ2n) is 13.5. The summed E-state index contributed by atoms with van der Waals surface area (Å²) >= 11 is 3.53. The van der Waals surface area contributed by atoms with Crippen molar-refractivity contribution in [2.24, 2.45) is 23.5 Å². The number of Topliss-reactive ketones (excluding diaryl/α,β-unsaturated/α-hetero) is 1. The zero-order valence-electron chi connectivity index (χ0n) is 29.7. The van der Waals surface area contributed by atoms with Crippen molar-refractivity contribution >= 4 is 55.9 Å². The molecule has 0 unspecified atom stereocenters. The summed E-state index contributed by atoms with van der Waals surface area (Å²) in [5.41, 5.74) is 10.4. The molecule has 1 heterocycles. The van der Waals surface area contributed by atoms with E-state index in [-0.39, 0.29) is 41.6 Å². The molecule has 264 valence electrons. The average Bonchev–Trinajstić information content (AvgIpc) is 3.35. The molecule has 0 fully saturated rings. The van der Waals surface area contributed by atoms with Gasteiger partial charge in [-0.1, -0.05) is 68.8 Å². The van der Waals surface area contributed by atoms with Crippen LogP contribution in [0.3, 0.4) is 0 Å². The van der Waals surface area contributed by atoms with E-state index in [0.717, 1.165) is 44.2 Å². The molecule has 0 bridgehead atoms. The number of hydrogen-bond acceptors (Lipinski definition) is 5. The minimum Gasteiger partial charge on any atom is -0.508 e. The van der Waals surface area contributed by atoms with Gasteiger partial charge in [-0.3, -0.25) is 19.2 Å². The molecule has 0 aliphatic heterocycles. The lowest BCUT2D eigenvalue weighted by atomic mass is 9.89. The first-order valence-corrected chi connectivity index (χ1v) is 17.6. The first kappa shape index (κ1) is 39.3. The third-order valence-corrected chi connectivity index (χ3v) is 9.68. The molecule has 5 N–H and O–H groups in total. The number of aromatic amines is 1. The maximum atomic E-state index is 13.4. The number of aromatic hydroxyl groups is 1. The highest BCUT2D eigenvalue weighted by Crippen LogP contribution is 2.29. The number of carbonyl (C=O) groups excluding carboxylic acids is 4. The maximum absolute atomic E-state index is 13.4. The molecule has 3 amide bonds. The van der Waals surface area contributed by atoms with Gasteiger partial charge in [0, 0.05) is 43.1 Å². The molecule has 3 aromatic rings. The Bertz CT molecular complexity index is 1690. The fourth-order valence-electron chi connectivity index (χ4n) is 6.50. The van der Waals surface area contributed by atoms with Gasteiger partial charge in [0.15, 0.2) is 0 Å². The molecular formula is C39H51BrN4O5. The molecule has 0 saturated carbocycles. The molecular weight excluding hydrogens is 684 g/mol. The zero-order chi connectivity index (χ0) is 36.4. The number of carbonyl (C=O) groups is 4. The normalized spacial score (nSPS) is 15.3. The third-order valence-electron chi connectivity index (χ3n) is 9.00. The van der Waals surface area contributed by atoms with Crippen molar-refractivity contribution in [2.45, 2.75) is 85.7 Å². The van der Waals surface area contributed by atoms with Gasteiger partial charge in [0.25, 0.3) is 0 Å². The van der Waals surface area contributed by atoms with Crippen LogP contribution < -0.4 is 11.1 Å². The number of benzene rings is 2. The van der Waals surface area contributed by atoms with E-state index in [1.54, 1.807) is 19.1 Å². The number of nitrogens with one attached hydrogen (secondary N) is 2. The summed E-state index contributed by atoms with van der Waals surface area (Å²) < 4.78 is 0.724. The molecule has 1 aromatic heterocycles. The van der Waals surface area contributed by atoms with Gasteiger partial charge in [0.2, 0.25) is 17.7 Å². The molecule has 2 aromatic carbocycles. The SMILES string of the molecule is C/C=C(/CC(=O)C[C@@H](C)C[C@@H](C)/C=C(\C)C[C@H](C)C(=O)N[C@@H](C)C(=O)N(C)[C@H](Cc1c(Br)[nH]c2ccccc12)C(N)=O)c1ccc(O)cc1. The van der Waals surface area contributed by atoms with Crippen molar-refractivity contribution in [2.75, 3.05) is 7.05 Å². The van der Waals surface area contributed by atoms with E-state index in [4.69, 9.17) is 5.73 Å². The quantitative estimate of drug-likeness (QED) is 0.110. The standard InChI is InChI=1S/C39H51BrN4O5/c1-8-28(29-13-15-30(45)16-14-29)21-31(46)20-25(4)18-23(2)17-24(3)19-26(5)38(48)42-27(6)39(49)44(7)35(37(41)47)22-33-32-11-9-10-12-34(32)43-36(33)40/h8-17,23,25-27,35,43,45H,18-22H2,1-7H3,(H2,41,47)(H,42,48)/b24-17+,28-8-/t23-,25-,26-,27-,35+/m0/s1. The Balaban J connectivity index is 1.50. The van der Waals surface area contributed by atoms with Gasteiger partial charge in [-0.05, 0) is 96.3 Å². The monoisotopic (exact) mass is 734 g/mol. The van der Waals surface area contributed by atoms with Crippen LogP contribution in [0.4, 0.5) is 0 Å². The number of ketones is 1. The van der Waals surface area contributed by atoms with E-state index in [0.29, 0.717) is 19.3 Å². The molecule has 3 rings (SSSR count). The molecule has 0 aliphatic carbocycles. The van der Waals surface area contributed by atoms with Crippen LogP contribution in [0, 0.1) is 17.8 Å². The molecule has 9 nitrogen and oxygen atoms in total. The van der Waals surface area contributed by atoms with Crippen LogP contribution in [-0.4, -0.2) is 57.6 Å². The number of nitrogens with two attached hydrogens (primary N) is 1. The summed E-state index contributed by atoms with van der Waals surface area (Å²) in [7, 11) is 1.53. The van der Waals surface area contributed by atoms with Crippen molar-refractivity contribution in [1.82, 2.24) is 15.2 Å². The molecule has 49 heavy (non-hydrogen) atoms. The van der Waals surface area contributed by atoms with Crippen molar-refractivity contribution in [3.8, 4) is 5.75 Å². The number of primary amides is 1. The Kier molecular flexibility index (Phi) is 14.4. The van der Waals surface area contributed by atoms with Crippen LogP contribution in [0.25, 0.3) is 16.5 Å². The Morgan fingerprint density at radius 1 is 1.02 bits per heavy atom. The van der Waals surface area contributed by atoms with Gasteiger partial charge in [-0.15, -0.1) is 0 Å². The van der Waals surface area contributed by atoms with Crippen LogP contribution in [0.2, 0.25) is 0 Å². The first-order valence-electron chi connectivity index (χ1n) is 16.9. The second-order valence-corrected chi connectivity index (χ2v) is 14.3. The van der Waals surface area contributed by atoms with Crippen molar-refractivity contribution in [3.05, 3.63) is 82.0 Å². The Labute approximate surface area is 298 Å². The number of fused-ring (bicyclic) bond motifs is 1. The molecule has 0 aliphatic rings. The van der Waals surface area contributed by atoms with E-state index < -0.39 is 23.9 Å². The van der Waals surface area contributed by atoms with Crippen LogP contribution in [0.1, 0.15) is 78.4 Å². The summed E-state index contributed by atoms with van der Waals surface area (Å²) in [6, 6.07) is 12.8. The summed E-state index contributed by atoms with van der Waals surface area (Å²) in [6.45, 7) is 11.5. The largest absolute Gasteiger partial charge is 0.508 e. The highest BCUT2D eigenvalue weighted by Gasteiger charge is 2.31. The van der Waals surface area contributed by atoms with Crippen molar-refractivity contribution in [3.63, 3.8) is 0 Å². The predicted octanol–water partition coefficient (Wildman–Crippen LogP) is 7.08. The second kappa shape index (κ2) is 18.0. The number of aromatic nitrogens is 1.